The van der Waals surface area contributed by atoms with Gasteiger partial charge in [0.2, 0.25) is 0 Å². The Morgan fingerprint density at radius 3 is 2.60 bits per heavy atom. The molecule has 110 valence electrons. The zero-order valence-corrected chi connectivity index (χ0v) is 12.6. The number of carbonyl (C=O) groups is 1. The summed E-state index contributed by atoms with van der Waals surface area (Å²) in [6, 6.07) is 1.52. The second-order valence-corrected chi connectivity index (χ2v) is 7.51. The molecule has 0 amide bonds. The van der Waals surface area contributed by atoms with Crippen molar-refractivity contribution in [1.82, 2.24) is 0 Å². The zero-order chi connectivity index (χ0) is 14.9. The maximum Gasteiger partial charge on any atom is 0.339 e. The maximum atomic E-state index is 13.5. The van der Waals surface area contributed by atoms with Gasteiger partial charge in [-0.15, -0.1) is 0 Å². The minimum absolute atomic E-state index is 0.219. The van der Waals surface area contributed by atoms with Gasteiger partial charge in [-0.05, 0) is 24.5 Å². The molecule has 0 radical (unpaired) electrons. The van der Waals surface area contributed by atoms with Gasteiger partial charge in [-0.3, -0.25) is 0 Å². The Morgan fingerprint density at radius 2 is 2.05 bits per heavy atom. The molecule has 1 aliphatic rings. The number of halogens is 3. The monoisotopic (exact) mass is 340 g/mol. The van der Waals surface area contributed by atoms with E-state index in [1.807, 2.05) is 0 Å². The molecule has 1 aromatic rings. The van der Waals surface area contributed by atoms with E-state index in [0.29, 0.717) is 5.92 Å². The summed E-state index contributed by atoms with van der Waals surface area (Å²) >= 11 is 5.72. The Morgan fingerprint density at radius 1 is 1.40 bits per heavy atom. The van der Waals surface area contributed by atoms with E-state index in [-0.39, 0.29) is 17.2 Å². The van der Waals surface area contributed by atoms with Crippen LogP contribution >= 0.6 is 22.3 Å². The molecule has 0 bridgehead atoms. The third-order valence-electron chi connectivity index (χ3n) is 2.96. The Labute approximate surface area is 125 Å². The van der Waals surface area contributed by atoms with E-state index in [4.69, 9.17) is 27.0 Å². The van der Waals surface area contributed by atoms with Gasteiger partial charge in [0.25, 0.3) is 9.05 Å². The molecule has 0 heterocycles. The van der Waals surface area contributed by atoms with E-state index >= 15 is 0 Å². The third kappa shape index (κ3) is 3.84. The number of hydrogen-bond donors (Lipinski definition) is 0. The van der Waals surface area contributed by atoms with Gasteiger partial charge in [0.1, 0.15) is 10.7 Å². The van der Waals surface area contributed by atoms with Gasteiger partial charge in [0.05, 0.1) is 17.2 Å². The molecule has 1 aliphatic carbocycles. The standard InChI is InChI=1S/C12H11Cl2FO4S/c13-9-6-10(15)11(20(14,17)18)5-8(9)12(16)19-4-3-7-1-2-7/h5-7H,1-4H2. The Balaban J connectivity index is 2.19. The van der Waals surface area contributed by atoms with Crippen molar-refractivity contribution in [1.29, 1.82) is 0 Å². The van der Waals surface area contributed by atoms with E-state index in [1.54, 1.807) is 0 Å². The predicted octanol–water partition coefficient (Wildman–Crippen LogP) is 3.36. The van der Waals surface area contributed by atoms with E-state index in [0.717, 1.165) is 31.4 Å². The molecule has 0 unspecified atom stereocenters. The summed E-state index contributed by atoms with van der Waals surface area (Å²) in [5.74, 6) is -1.32. The van der Waals surface area contributed by atoms with E-state index in [9.17, 15) is 17.6 Å². The van der Waals surface area contributed by atoms with Gasteiger partial charge in [-0.1, -0.05) is 24.4 Å². The van der Waals surface area contributed by atoms with Crippen LogP contribution in [0, 0.1) is 11.7 Å². The number of rotatable bonds is 5. The van der Waals surface area contributed by atoms with E-state index < -0.39 is 25.7 Å². The quantitative estimate of drug-likeness (QED) is 0.609. The molecule has 4 nitrogen and oxygen atoms in total. The van der Waals surface area contributed by atoms with Gasteiger partial charge in [0, 0.05) is 10.7 Å². The molecule has 0 saturated heterocycles. The average Bonchev–Trinajstić information content (AvgIpc) is 3.11. The smallest absolute Gasteiger partial charge is 0.339 e. The van der Waals surface area contributed by atoms with Crippen LogP contribution in [0.3, 0.4) is 0 Å². The number of carbonyl (C=O) groups excluding carboxylic acids is 1. The topological polar surface area (TPSA) is 60.4 Å². The summed E-state index contributed by atoms with van der Waals surface area (Å²) in [4.78, 5) is 11.0. The summed E-state index contributed by atoms with van der Waals surface area (Å²) in [7, 11) is 0.785. The molecule has 2 rings (SSSR count). The third-order valence-corrected chi connectivity index (χ3v) is 4.61. The van der Waals surface area contributed by atoms with Crippen LogP contribution in [0.1, 0.15) is 29.6 Å². The van der Waals surface area contributed by atoms with Crippen LogP contribution in [0.2, 0.25) is 5.02 Å². The SMILES string of the molecule is O=C(OCCC1CC1)c1cc(S(=O)(=O)Cl)c(F)cc1Cl. The van der Waals surface area contributed by atoms with Crippen LogP contribution in [0.5, 0.6) is 0 Å². The molecule has 0 N–H and O–H groups in total. The summed E-state index contributed by atoms with van der Waals surface area (Å²) in [5.41, 5.74) is -0.219. The first kappa shape index (κ1) is 15.5. The van der Waals surface area contributed by atoms with Gasteiger partial charge >= 0.3 is 5.97 Å². The Bertz CT molecular complexity index is 641. The number of esters is 1. The normalized spacial score (nSPS) is 15.2. The molecule has 1 fully saturated rings. The van der Waals surface area contributed by atoms with Crippen molar-refractivity contribution < 1.29 is 22.3 Å². The highest BCUT2D eigenvalue weighted by molar-refractivity contribution is 8.13. The molecule has 8 heteroatoms. The fraction of sp³-hybridized carbons (Fsp3) is 0.417. The lowest BCUT2D eigenvalue weighted by atomic mass is 10.2. The van der Waals surface area contributed by atoms with Crippen LogP contribution in [0.4, 0.5) is 4.39 Å². The van der Waals surface area contributed by atoms with E-state index in [2.05, 4.69) is 0 Å². The minimum Gasteiger partial charge on any atom is -0.462 e. The number of hydrogen-bond acceptors (Lipinski definition) is 4. The van der Waals surface area contributed by atoms with Gasteiger partial charge < -0.3 is 4.74 Å². The minimum atomic E-state index is -4.30. The van der Waals surface area contributed by atoms with E-state index in [1.165, 1.54) is 0 Å². The maximum absolute atomic E-state index is 13.5. The number of benzene rings is 1. The van der Waals surface area contributed by atoms with Crippen molar-refractivity contribution >= 4 is 37.3 Å². The largest absolute Gasteiger partial charge is 0.462 e. The first-order chi connectivity index (χ1) is 9.29. The summed E-state index contributed by atoms with van der Waals surface area (Å²) < 4.78 is 40.8. The van der Waals surface area contributed by atoms with Crippen molar-refractivity contribution in [2.75, 3.05) is 6.61 Å². The van der Waals surface area contributed by atoms with Crippen molar-refractivity contribution in [3.8, 4) is 0 Å². The fourth-order valence-corrected chi connectivity index (χ4v) is 2.81. The molecule has 20 heavy (non-hydrogen) atoms. The molecular formula is C12H11Cl2FO4S. The molecule has 0 aromatic heterocycles. The van der Waals surface area contributed by atoms with Crippen molar-refractivity contribution in [3.63, 3.8) is 0 Å². The fourth-order valence-electron chi connectivity index (χ4n) is 1.67. The highest BCUT2D eigenvalue weighted by atomic mass is 35.7. The molecule has 1 saturated carbocycles. The van der Waals surface area contributed by atoms with Crippen molar-refractivity contribution in [3.05, 3.63) is 28.5 Å². The van der Waals surface area contributed by atoms with Crippen LogP contribution in [0.15, 0.2) is 17.0 Å². The van der Waals surface area contributed by atoms with Crippen molar-refractivity contribution in [2.24, 2.45) is 5.92 Å². The Hall–Kier alpha value is -0.850. The summed E-state index contributed by atoms with van der Waals surface area (Å²) in [5, 5.41) is -0.219. The van der Waals surface area contributed by atoms with Gasteiger partial charge in [-0.25, -0.2) is 17.6 Å². The second-order valence-electron chi connectivity index (χ2n) is 4.57. The average molecular weight is 341 g/mol. The van der Waals surface area contributed by atoms with Gasteiger partial charge in [-0.2, -0.15) is 0 Å². The number of ether oxygens (including phenoxy) is 1. The van der Waals surface area contributed by atoms with Crippen LogP contribution in [-0.2, 0) is 13.8 Å². The lowest BCUT2D eigenvalue weighted by molar-refractivity contribution is 0.0494. The molecule has 1 aromatic carbocycles. The molecule has 0 aliphatic heterocycles. The lowest BCUT2D eigenvalue weighted by Gasteiger charge is -2.08. The van der Waals surface area contributed by atoms with Gasteiger partial charge in [0.15, 0.2) is 0 Å². The zero-order valence-electron chi connectivity index (χ0n) is 10.2. The van der Waals surface area contributed by atoms with Crippen molar-refractivity contribution in [2.45, 2.75) is 24.2 Å². The highest BCUT2D eigenvalue weighted by Crippen LogP contribution is 2.32. The van der Waals surface area contributed by atoms with Crippen LogP contribution in [0.25, 0.3) is 0 Å². The first-order valence-electron chi connectivity index (χ1n) is 5.90. The first-order valence-corrected chi connectivity index (χ1v) is 8.58. The molecular weight excluding hydrogens is 330 g/mol. The highest BCUT2D eigenvalue weighted by Gasteiger charge is 2.24. The van der Waals surface area contributed by atoms with Crippen LogP contribution in [-0.4, -0.2) is 21.0 Å². The molecule has 0 atom stereocenters. The Kier molecular flexibility index (Phi) is 4.56. The summed E-state index contributed by atoms with van der Waals surface area (Å²) in [6.07, 6.45) is 3.01. The lowest BCUT2D eigenvalue weighted by Crippen LogP contribution is -2.09. The van der Waals surface area contributed by atoms with Crippen LogP contribution < -0.4 is 0 Å². The summed E-state index contributed by atoms with van der Waals surface area (Å²) in [6.45, 7) is 0.222. The second kappa shape index (κ2) is 5.87. The molecule has 0 spiro atoms. The predicted molar refractivity (Wildman–Crippen MR) is 72.1 cm³/mol.